The first-order valence-electron chi connectivity index (χ1n) is 8.80. The number of alkyl halides is 2. The number of amides is 1. The van der Waals surface area contributed by atoms with Gasteiger partial charge in [-0.25, -0.2) is 4.98 Å². The molecule has 2 aromatic rings. The summed E-state index contributed by atoms with van der Waals surface area (Å²) in [4.78, 5) is 21.3. The van der Waals surface area contributed by atoms with Crippen molar-refractivity contribution in [1.29, 1.82) is 0 Å². The van der Waals surface area contributed by atoms with Crippen LogP contribution < -0.4 is 19.7 Å². The molecule has 0 aliphatic carbocycles. The highest BCUT2D eigenvalue weighted by atomic mass is 19.3. The van der Waals surface area contributed by atoms with Crippen molar-refractivity contribution in [3.05, 3.63) is 42.1 Å². The van der Waals surface area contributed by atoms with E-state index in [1.54, 1.807) is 12.3 Å². The number of benzene rings is 1. The van der Waals surface area contributed by atoms with Gasteiger partial charge in [-0.1, -0.05) is 0 Å². The van der Waals surface area contributed by atoms with E-state index in [-0.39, 0.29) is 17.1 Å². The summed E-state index contributed by atoms with van der Waals surface area (Å²) in [5.74, 6) is 0.376. The summed E-state index contributed by atoms with van der Waals surface area (Å²) < 4.78 is 34.2. The maximum absolute atomic E-state index is 12.4. The maximum atomic E-state index is 12.4. The van der Waals surface area contributed by atoms with Crippen molar-refractivity contribution in [2.24, 2.45) is 0 Å². The molecular formula is C19H22F2N4O3. The van der Waals surface area contributed by atoms with Gasteiger partial charge in [-0.2, -0.15) is 8.78 Å². The molecule has 7 nitrogen and oxygen atoms in total. The predicted molar refractivity (Wildman–Crippen MR) is 102 cm³/mol. The van der Waals surface area contributed by atoms with Gasteiger partial charge >= 0.3 is 6.61 Å². The number of pyridine rings is 1. The summed E-state index contributed by atoms with van der Waals surface area (Å²) in [5, 5.41) is 2.73. The third-order valence-corrected chi connectivity index (χ3v) is 4.47. The van der Waals surface area contributed by atoms with Crippen LogP contribution in [-0.2, 0) is 0 Å². The molecule has 1 aromatic heterocycles. The van der Waals surface area contributed by atoms with E-state index in [9.17, 15) is 13.6 Å². The van der Waals surface area contributed by atoms with Crippen LogP contribution in [-0.4, -0.2) is 62.7 Å². The molecule has 2 heterocycles. The fourth-order valence-electron chi connectivity index (χ4n) is 2.89. The van der Waals surface area contributed by atoms with Crippen molar-refractivity contribution < 1.29 is 23.0 Å². The number of halogens is 2. The molecule has 0 spiro atoms. The molecule has 1 aromatic carbocycles. The number of ether oxygens (including phenoxy) is 2. The van der Waals surface area contributed by atoms with Crippen LogP contribution in [0, 0.1) is 0 Å². The van der Waals surface area contributed by atoms with Gasteiger partial charge in [-0.05, 0) is 37.4 Å². The Labute approximate surface area is 161 Å². The van der Waals surface area contributed by atoms with Crippen LogP contribution in [0.4, 0.5) is 20.3 Å². The molecule has 150 valence electrons. The first-order chi connectivity index (χ1) is 13.5. The van der Waals surface area contributed by atoms with Crippen LogP contribution in [0.1, 0.15) is 10.4 Å². The van der Waals surface area contributed by atoms with E-state index in [2.05, 4.69) is 31.9 Å². The summed E-state index contributed by atoms with van der Waals surface area (Å²) in [6, 6.07) is 7.65. The van der Waals surface area contributed by atoms with Gasteiger partial charge in [0, 0.05) is 31.7 Å². The highest BCUT2D eigenvalue weighted by Crippen LogP contribution is 2.29. The number of nitrogens with one attached hydrogen (secondary N) is 1. The minimum absolute atomic E-state index is 0.0523. The van der Waals surface area contributed by atoms with Crippen molar-refractivity contribution in [1.82, 2.24) is 9.88 Å². The summed E-state index contributed by atoms with van der Waals surface area (Å²) in [6.07, 6.45) is 1.59. The van der Waals surface area contributed by atoms with Crippen molar-refractivity contribution in [3.63, 3.8) is 0 Å². The van der Waals surface area contributed by atoms with Crippen molar-refractivity contribution >= 4 is 17.4 Å². The minimum Gasteiger partial charge on any atom is -0.493 e. The number of hydrogen-bond acceptors (Lipinski definition) is 6. The molecule has 0 saturated carbocycles. The SMILES string of the molecule is COc1cc(C(=O)Nc2ccc(N3CCN(C)CC3)nc2)ccc1OC(F)F. The van der Waals surface area contributed by atoms with E-state index in [1.807, 2.05) is 6.07 Å². The lowest BCUT2D eigenvalue weighted by Crippen LogP contribution is -2.44. The van der Waals surface area contributed by atoms with Gasteiger partial charge in [0.15, 0.2) is 11.5 Å². The van der Waals surface area contributed by atoms with E-state index in [0.717, 1.165) is 32.0 Å². The number of anilines is 2. The number of piperazine rings is 1. The van der Waals surface area contributed by atoms with E-state index < -0.39 is 12.5 Å². The van der Waals surface area contributed by atoms with Crippen LogP contribution in [0.2, 0.25) is 0 Å². The summed E-state index contributed by atoms with van der Waals surface area (Å²) in [7, 11) is 3.40. The Balaban J connectivity index is 1.66. The molecule has 0 atom stereocenters. The van der Waals surface area contributed by atoms with Gasteiger partial charge in [0.05, 0.1) is 19.0 Å². The van der Waals surface area contributed by atoms with Gasteiger partial charge in [0.1, 0.15) is 5.82 Å². The number of carbonyl (C=O) groups is 1. The normalized spacial score (nSPS) is 14.8. The molecule has 28 heavy (non-hydrogen) atoms. The molecule has 1 aliphatic rings. The summed E-state index contributed by atoms with van der Waals surface area (Å²) in [5.41, 5.74) is 0.788. The Morgan fingerprint density at radius 3 is 2.50 bits per heavy atom. The number of carbonyl (C=O) groups excluding carboxylic acids is 1. The van der Waals surface area contributed by atoms with Crippen molar-refractivity contribution in [2.75, 3.05) is 50.6 Å². The molecular weight excluding hydrogens is 370 g/mol. The van der Waals surface area contributed by atoms with Gasteiger partial charge in [0.2, 0.25) is 0 Å². The summed E-state index contributed by atoms with van der Waals surface area (Å²) >= 11 is 0. The molecule has 3 rings (SSSR count). The number of hydrogen-bond donors (Lipinski definition) is 1. The molecule has 0 radical (unpaired) electrons. The first kappa shape index (κ1) is 19.8. The van der Waals surface area contributed by atoms with Crippen LogP contribution in [0.25, 0.3) is 0 Å². The Kier molecular flexibility index (Phi) is 6.25. The average Bonchev–Trinajstić information content (AvgIpc) is 2.69. The second kappa shape index (κ2) is 8.83. The number of methoxy groups -OCH3 is 1. The molecule has 1 amide bonds. The number of likely N-dealkylation sites (N-methyl/N-ethyl adjacent to an activating group) is 1. The van der Waals surface area contributed by atoms with Crippen molar-refractivity contribution in [3.8, 4) is 11.5 Å². The highest BCUT2D eigenvalue weighted by Gasteiger charge is 2.16. The average molecular weight is 392 g/mol. The molecule has 9 heteroatoms. The largest absolute Gasteiger partial charge is 0.493 e. The standard InChI is InChI=1S/C19H22F2N4O3/c1-24-7-9-25(10-8-24)17-6-4-14(12-22-17)23-18(26)13-3-5-15(28-19(20)21)16(11-13)27-2/h3-6,11-12,19H,7-10H2,1-2H3,(H,23,26). The Morgan fingerprint density at radius 2 is 1.89 bits per heavy atom. The predicted octanol–water partition coefficient (Wildman–Crippen LogP) is 2.70. The van der Waals surface area contributed by atoms with Crippen molar-refractivity contribution in [2.45, 2.75) is 6.61 Å². The molecule has 0 unspecified atom stereocenters. The van der Waals surface area contributed by atoms with Gasteiger partial charge in [-0.15, -0.1) is 0 Å². The van der Waals surface area contributed by atoms with E-state index in [0.29, 0.717) is 5.69 Å². The Morgan fingerprint density at radius 1 is 1.14 bits per heavy atom. The zero-order valence-electron chi connectivity index (χ0n) is 15.7. The number of aromatic nitrogens is 1. The molecule has 0 bridgehead atoms. The Bertz CT molecular complexity index is 809. The molecule has 1 saturated heterocycles. The third kappa shape index (κ3) is 4.86. The summed E-state index contributed by atoms with van der Waals surface area (Å²) in [6.45, 7) is 0.795. The fraction of sp³-hybridized carbons (Fsp3) is 0.368. The topological polar surface area (TPSA) is 66.9 Å². The zero-order chi connectivity index (χ0) is 20.1. The van der Waals surface area contributed by atoms with Crippen LogP contribution in [0.15, 0.2) is 36.5 Å². The number of nitrogens with zero attached hydrogens (tertiary/aromatic N) is 3. The fourth-order valence-corrected chi connectivity index (χ4v) is 2.89. The highest BCUT2D eigenvalue weighted by molar-refractivity contribution is 6.04. The number of rotatable bonds is 6. The van der Waals surface area contributed by atoms with E-state index >= 15 is 0 Å². The van der Waals surface area contributed by atoms with E-state index in [4.69, 9.17) is 4.74 Å². The van der Waals surface area contributed by atoms with Gasteiger partial charge in [0.25, 0.3) is 5.91 Å². The van der Waals surface area contributed by atoms with Gasteiger partial charge in [-0.3, -0.25) is 4.79 Å². The first-order valence-corrected chi connectivity index (χ1v) is 8.80. The Hall–Kier alpha value is -2.94. The smallest absolute Gasteiger partial charge is 0.387 e. The lowest BCUT2D eigenvalue weighted by molar-refractivity contribution is -0.0512. The van der Waals surface area contributed by atoms with Crippen LogP contribution in [0.5, 0.6) is 11.5 Å². The zero-order valence-corrected chi connectivity index (χ0v) is 15.7. The van der Waals surface area contributed by atoms with Crippen LogP contribution in [0.3, 0.4) is 0 Å². The molecule has 1 N–H and O–H groups in total. The van der Waals surface area contributed by atoms with Crippen LogP contribution >= 0.6 is 0 Å². The molecule has 1 aliphatic heterocycles. The monoisotopic (exact) mass is 392 g/mol. The second-order valence-corrected chi connectivity index (χ2v) is 6.39. The third-order valence-electron chi connectivity index (χ3n) is 4.47. The quantitative estimate of drug-likeness (QED) is 0.816. The second-order valence-electron chi connectivity index (χ2n) is 6.39. The minimum atomic E-state index is -2.97. The van der Waals surface area contributed by atoms with Gasteiger partial charge < -0.3 is 24.6 Å². The van der Waals surface area contributed by atoms with E-state index in [1.165, 1.54) is 25.3 Å². The lowest BCUT2D eigenvalue weighted by atomic mass is 10.2. The molecule has 1 fully saturated rings. The maximum Gasteiger partial charge on any atom is 0.387 e. The lowest BCUT2D eigenvalue weighted by Gasteiger charge is -2.33.